The molecule has 0 spiro atoms. The van der Waals surface area contributed by atoms with Gasteiger partial charge in [-0.05, 0) is 6.92 Å². The Hall–Kier alpha value is -2.21. The molecule has 17 heavy (non-hydrogen) atoms. The quantitative estimate of drug-likeness (QED) is 0.376. The van der Waals surface area contributed by atoms with E-state index in [1.807, 2.05) is 18.2 Å². The summed E-state index contributed by atoms with van der Waals surface area (Å²) in [6.07, 6.45) is 0. The van der Waals surface area contributed by atoms with Gasteiger partial charge in [-0.3, -0.25) is 15.7 Å². The zero-order valence-corrected chi connectivity index (χ0v) is 9.40. The highest BCUT2D eigenvalue weighted by Crippen LogP contribution is 2.17. The van der Waals surface area contributed by atoms with Crippen molar-refractivity contribution in [3.63, 3.8) is 0 Å². The second-order valence-electron chi connectivity index (χ2n) is 3.57. The van der Waals surface area contributed by atoms with Crippen LogP contribution in [0.4, 0.5) is 4.79 Å². The highest BCUT2D eigenvalue weighted by Gasteiger charge is 2.22. The minimum absolute atomic E-state index is 0.149. The van der Waals surface area contributed by atoms with Crippen LogP contribution in [0, 0.1) is 5.41 Å². The van der Waals surface area contributed by atoms with E-state index in [0.717, 1.165) is 10.6 Å². The van der Waals surface area contributed by atoms with Gasteiger partial charge < -0.3 is 0 Å². The van der Waals surface area contributed by atoms with Gasteiger partial charge in [-0.2, -0.15) is 0 Å². The number of nitrogens with zero attached hydrogens (tertiary/aromatic N) is 2. The molecule has 4 N–H and O–H groups in total. The average Bonchev–Trinajstić information content (AvgIpc) is 2.66. The first-order valence-electron chi connectivity index (χ1n) is 5.23. The maximum absolute atomic E-state index is 11.6. The van der Waals surface area contributed by atoms with Gasteiger partial charge in [-0.15, -0.1) is 0 Å². The Bertz CT molecular complexity index is 508. The maximum Gasteiger partial charge on any atom is 0.337 e. The number of hydrogen-bond acceptors (Lipinski definition) is 3. The molecule has 0 saturated carbocycles. The highest BCUT2D eigenvalue weighted by atomic mass is 16.2. The molecule has 6 heteroatoms. The van der Waals surface area contributed by atoms with E-state index in [9.17, 15) is 4.79 Å². The van der Waals surface area contributed by atoms with Gasteiger partial charge in [-0.1, -0.05) is 24.3 Å². The first-order chi connectivity index (χ1) is 8.13. The Morgan fingerprint density at radius 1 is 1.47 bits per heavy atom. The summed E-state index contributed by atoms with van der Waals surface area (Å²) in [6, 6.07) is 6.83. The molecule has 1 aliphatic rings. The summed E-state index contributed by atoms with van der Waals surface area (Å²) in [4.78, 5) is 15.6. The fourth-order valence-electron chi connectivity index (χ4n) is 1.54. The number of rotatable bonds is 1. The molecule has 0 fully saturated rings. The maximum atomic E-state index is 11.6. The molecule has 0 unspecified atom stereocenters. The number of amidine groups is 2. The summed E-state index contributed by atoms with van der Waals surface area (Å²) in [5.74, 6) is 5.99. The predicted molar refractivity (Wildman–Crippen MR) is 64.9 cm³/mol. The van der Waals surface area contributed by atoms with Crippen molar-refractivity contribution in [3.05, 3.63) is 35.4 Å². The topological polar surface area (TPSA) is 94.6 Å². The molecule has 0 saturated heterocycles. The van der Waals surface area contributed by atoms with Crippen LogP contribution in [0.15, 0.2) is 29.3 Å². The lowest BCUT2D eigenvalue weighted by atomic mass is 10.1. The lowest BCUT2D eigenvalue weighted by molar-refractivity contribution is 0.207. The zero-order valence-electron chi connectivity index (χ0n) is 9.40. The van der Waals surface area contributed by atoms with Crippen molar-refractivity contribution in [1.82, 2.24) is 10.3 Å². The van der Waals surface area contributed by atoms with Gasteiger partial charge in [0.2, 0.25) is 0 Å². The monoisotopic (exact) mass is 231 g/mol. The minimum atomic E-state index is -0.434. The lowest BCUT2D eigenvalue weighted by Crippen LogP contribution is -2.46. The normalized spacial score (nSPS) is 13.1. The number of carbonyl (C=O) groups excluding carboxylic acids is 1. The molecule has 2 amide bonds. The molecule has 1 aromatic rings. The first kappa shape index (κ1) is 11.3. The van der Waals surface area contributed by atoms with Crippen LogP contribution >= 0.6 is 0 Å². The standard InChI is InChI=1S/C11H13N5O/c1-2-16(13)11(17)15-10-8-6-4-3-5-7(8)9(12)14-10/h3-6H,2,13H2,1H3,(H2,12,14,15,17). The molecular formula is C11H13N5O. The Morgan fingerprint density at radius 2 is 2.12 bits per heavy atom. The van der Waals surface area contributed by atoms with Gasteiger partial charge in [0.15, 0.2) is 5.84 Å². The van der Waals surface area contributed by atoms with Gasteiger partial charge in [-0.25, -0.2) is 15.6 Å². The molecule has 6 nitrogen and oxygen atoms in total. The Kier molecular flexibility index (Phi) is 2.88. The van der Waals surface area contributed by atoms with Crippen molar-refractivity contribution in [2.24, 2.45) is 10.8 Å². The predicted octanol–water partition coefficient (Wildman–Crippen LogP) is 0.677. The first-order valence-corrected chi connectivity index (χ1v) is 5.23. The molecule has 0 radical (unpaired) electrons. The lowest BCUT2D eigenvalue weighted by Gasteiger charge is -2.14. The number of amides is 2. The number of benzene rings is 1. The Morgan fingerprint density at radius 3 is 2.76 bits per heavy atom. The summed E-state index contributed by atoms with van der Waals surface area (Å²) in [5.41, 5.74) is 1.46. The van der Waals surface area contributed by atoms with Crippen molar-refractivity contribution < 1.29 is 4.79 Å². The number of carbonyl (C=O) groups is 1. The van der Waals surface area contributed by atoms with E-state index < -0.39 is 6.03 Å². The van der Waals surface area contributed by atoms with E-state index in [-0.39, 0.29) is 5.84 Å². The summed E-state index contributed by atoms with van der Waals surface area (Å²) in [5, 5.41) is 11.3. The van der Waals surface area contributed by atoms with E-state index in [1.54, 1.807) is 13.0 Å². The van der Waals surface area contributed by atoms with Crippen molar-refractivity contribution in [1.29, 1.82) is 5.41 Å². The molecular weight excluding hydrogens is 218 g/mol. The Labute approximate surface area is 98.6 Å². The largest absolute Gasteiger partial charge is 0.337 e. The van der Waals surface area contributed by atoms with Crippen LogP contribution in [0.2, 0.25) is 0 Å². The van der Waals surface area contributed by atoms with Gasteiger partial charge in [0.1, 0.15) is 5.84 Å². The molecule has 1 heterocycles. The van der Waals surface area contributed by atoms with Gasteiger partial charge in [0.05, 0.1) is 0 Å². The third-order valence-electron chi connectivity index (χ3n) is 2.49. The van der Waals surface area contributed by atoms with E-state index in [2.05, 4.69) is 10.3 Å². The van der Waals surface area contributed by atoms with Crippen molar-refractivity contribution in [2.75, 3.05) is 6.54 Å². The van der Waals surface area contributed by atoms with Crippen LogP contribution in [0.3, 0.4) is 0 Å². The molecule has 0 aliphatic carbocycles. The fraction of sp³-hybridized carbons (Fsp3) is 0.182. The summed E-state index contributed by atoms with van der Waals surface area (Å²) >= 11 is 0. The summed E-state index contributed by atoms with van der Waals surface area (Å²) in [7, 11) is 0. The van der Waals surface area contributed by atoms with Crippen LogP contribution in [-0.4, -0.2) is 29.3 Å². The average molecular weight is 231 g/mol. The third-order valence-corrected chi connectivity index (χ3v) is 2.49. The second kappa shape index (κ2) is 4.34. The van der Waals surface area contributed by atoms with Crippen LogP contribution in [0.25, 0.3) is 0 Å². The second-order valence-corrected chi connectivity index (χ2v) is 3.57. The smallest absolute Gasteiger partial charge is 0.290 e. The van der Waals surface area contributed by atoms with Crippen LogP contribution in [0.1, 0.15) is 18.1 Å². The number of urea groups is 1. The summed E-state index contributed by atoms with van der Waals surface area (Å²) < 4.78 is 0. The van der Waals surface area contributed by atoms with Crippen LogP contribution in [-0.2, 0) is 0 Å². The molecule has 1 aliphatic heterocycles. The van der Waals surface area contributed by atoms with Gasteiger partial charge in [0, 0.05) is 17.7 Å². The van der Waals surface area contributed by atoms with E-state index in [0.29, 0.717) is 17.9 Å². The van der Waals surface area contributed by atoms with Crippen molar-refractivity contribution in [2.45, 2.75) is 6.92 Å². The van der Waals surface area contributed by atoms with Crippen molar-refractivity contribution in [3.8, 4) is 0 Å². The number of fused-ring (bicyclic) bond motifs is 1. The van der Waals surface area contributed by atoms with Crippen molar-refractivity contribution >= 4 is 17.7 Å². The van der Waals surface area contributed by atoms with Crippen LogP contribution in [0.5, 0.6) is 0 Å². The SMILES string of the molecule is CCN(N)C(=O)NC1=NC(=N)c2ccccc21. The molecule has 2 rings (SSSR count). The van der Waals surface area contributed by atoms with Crippen LogP contribution < -0.4 is 11.2 Å². The Balaban J connectivity index is 2.22. The minimum Gasteiger partial charge on any atom is -0.290 e. The molecule has 88 valence electrons. The molecule has 1 aromatic carbocycles. The van der Waals surface area contributed by atoms with E-state index in [1.165, 1.54) is 0 Å². The number of nitrogens with two attached hydrogens (primary N) is 1. The number of nitrogens with one attached hydrogen (secondary N) is 2. The van der Waals surface area contributed by atoms with Gasteiger partial charge in [0.25, 0.3) is 0 Å². The van der Waals surface area contributed by atoms with E-state index in [4.69, 9.17) is 11.3 Å². The van der Waals surface area contributed by atoms with Gasteiger partial charge >= 0.3 is 6.03 Å². The fourth-order valence-corrected chi connectivity index (χ4v) is 1.54. The van der Waals surface area contributed by atoms with E-state index >= 15 is 0 Å². The molecule has 0 bridgehead atoms. The number of aliphatic imine (C=N–C) groups is 1. The third kappa shape index (κ3) is 2.02. The number of hydrazine groups is 1. The molecule has 0 aromatic heterocycles. The summed E-state index contributed by atoms with van der Waals surface area (Å²) in [6.45, 7) is 2.17. The molecule has 0 atom stereocenters. The zero-order chi connectivity index (χ0) is 12.4. The highest BCUT2D eigenvalue weighted by molar-refractivity contribution is 6.24. The number of hydrogen-bond donors (Lipinski definition) is 3.